The predicted molar refractivity (Wildman–Crippen MR) is 74.4 cm³/mol. The molecule has 18 heavy (non-hydrogen) atoms. The van der Waals surface area contributed by atoms with Crippen LogP contribution < -0.4 is 5.73 Å². The zero-order valence-electron chi connectivity index (χ0n) is 11.7. The van der Waals surface area contributed by atoms with E-state index < -0.39 is 19.4 Å². The molecule has 0 aliphatic heterocycles. The third-order valence-electron chi connectivity index (χ3n) is 3.15. The lowest BCUT2D eigenvalue weighted by molar-refractivity contribution is 0.148. The maximum atomic E-state index is 10.4. The van der Waals surface area contributed by atoms with Crippen molar-refractivity contribution in [3.8, 4) is 6.07 Å². The standard InChI is InChI=1S/C12H26N2O3P/c1-9(2)18(10(3)4,17-7-5-6-13)12(16)11(14)8-15/h9-12,15-16H,5,7-8,14H2,1-4H3/q+1. The molecule has 0 radical (unpaired) electrons. The molecule has 0 saturated carbocycles. The van der Waals surface area contributed by atoms with E-state index in [4.69, 9.17) is 20.6 Å². The number of nitrogens with two attached hydrogens (primary N) is 1. The minimum absolute atomic E-state index is 0.129. The van der Waals surface area contributed by atoms with E-state index in [1.54, 1.807) is 0 Å². The van der Waals surface area contributed by atoms with Crippen LogP contribution in [0.4, 0.5) is 0 Å². The highest BCUT2D eigenvalue weighted by atomic mass is 31.2. The molecular weight excluding hydrogens is 251 g/mol. The van der Waals surface area contributed by atoms with Crippen molar-refractivity contribution in [1.82, 2.24) is 0 Å². The number of hydrogen-bond acceptors (Lipinski definition) is 5. The largest absolute Gasteiger partial charge is 0.394 e. The Balaban J connectivity index is 5.16. The van der Waals surface area contributed by atoms with Crippen LogP contribution in [-0.4, -0.2) is 46.6 Å². The van der Waals surface area contributed by atoms with Crippen molar-refractivity contribution >= 4 is 7.49 Å². The summed E-state index contributed by atoms with van der Waals surface area (Å²) in [7, 11) is -2.21. The number of rotatable bonds is 8. The van der Waals surface area contributed by atoms with Gasteiger partial charge in [-0.2, -0.15) is 5.26 Å². The lowest BCUT2D eigenvalue weighted by Crippen LogP contribution is -2.44. The highest BCUT2D eigenvalue weighted by Gasteiger charge is 2.55. The molecule has 0 bridgehead atoms. The molecule has 0 aromatic carbocycles. The fourth-order valence-corrected chi connectivity index (χ4v) is 6.49. The molecule has 0 aromatic heterocycles. The number of nitrogens with zero attached hydrogens (tertiary/aromatic N) is 1. The summed E-state index contributed by atoms with van der Waals surface area (Å²) in [5.74, 6) is -0.860. The number of nitriles is 1. The number of aliphatic hydroxyl groups excluding tert-OH is 2. The molecule has 6 heteroatoms. The van der Waals surface area contributed by atoms with Crippen LogP contribution in [0.1, 0.15) is 34.1 Å². The van der Waals surface area contributed by atoms with Gasteiger partial charge in [-0.25, -0.2) is 4.52 Å². The molecule has 2 atom stereocenters. The highest BCUT2D eigenvalue weighted by molar-refractivity contribution is 7.73. The van der Waals surface area contributed by atoms with Gasteiger partial charge >= 0.3 is 0 Å². The summed E-state index contributed by atoms with van der Waals surface area (Å²) in [6, 6.07) is 1.33. The van der Waals surface area contributed by atoms with Crippen LogP contribution in [0.25, 0.3) is 0 Å². The van der Waals surface area contributed by atoms with Crippen LogP contribution in [-0.2, 0) is 4.52 Å². The van der Waals surface area contributed by atoms with Crippen molar-refractivity contribution < 1.29 is 14.7 Å². The number of hydrogen-bond donors (Lipinski definition) is 3. The Kier molecular flexibility index (Phi) is 7.93. The molecule has 0 saturated heterocycles. The Bertz CT molecular complexity index is 271. The van der Waals surface area contributed by atoms with Gasteiger partial charge in [-0.15, -0.1) is 0 Å². The van der Waals surface area contributed by atoms with Crippen molar-refractivity contribution in [2.24, 2.45) is 5.73 Å². The Labute approximate surface area is 110 Å². The van der Waals surface area contributed by atoms with Gasteiger partial charge < -0.3 is 15.9 Å². The second-order valence-electron chi connectivity index (χ2n) is 4.95. The van der Waals surface area contributed by atoms with Gasteiger partial charge in [0.1, 0.15) is 6.61 Å². The molecule has 0 rings (SSSR count). The van der Waals surface area contributed by atoms with Crippen molar-refractivity contribution in [3.63, 3.8) is 0 Å². The predicted octanol–water partition coefficient (Wildman–Crippen LogP) is 1.30. The van der Waals surface area contributed by atoms with Crippen LogP contribution >= 0.6 is 7.49 Å². The van der Waals surface area contributed by atoms with E-state index in [9.17, 15) is 5.11 Å². The minimum Gasteiger partial charge on any atom is -0.394 e. The highest BCUT2D eigenvalue weighted by Crippen LogP contribution is 2.70. The quantitative estimate of drug-likeness (QED) is 0.459. The van der Waals surface area contributed by atoms with Gasteiger partial charge in [-0.3, -0.25) is 0 Å². The van der Waals surface area contributed by atoms with Crippen molar-refractivity contribution in [2.45, 2.75) is 57.3 Å². The summed E-state index contributed by atoms with van der Waals surface area (Å²) in [4.78, 5) is 0. The first kappa shape index (κ1) is 17.8. The first-order chi connectivity index (χ1) is 8.34. The van der Waals surface area contributed by atoms with E-state index in [1.165, 1.54) is 0 Å². The molecule has 0 spiro atoms. The van der Waals surface area contributed by atoms with Crippen LogP contribution in [0.5, 0.6) is 0 Å². The van der Waals surface area contributed by atoms with E-state index in [1.807, 2.05) is 33.8 Å². The third kappa shape index (κ3) is 3.88. The molecule has 4 N–H and O–H groups in total. The van der Waals surface area contributed by atoms with Gasteiger partial charge in [0.2, 0.25) is 5.85 Å². The Hall–Kier alpha value is -0.240. The summed E-state index contributed by atoms with van der Waals surface area (Å²) < 4.78 is 5.93. The molecule has 0 amide bonds. The molecule has 5 nitrogen and oxygen atoms in total. The molecule has 0 heterocycles. The Morgan fingerprint density at radius 3 is 2.11 bits per heavy atom. The second-order valence-corrected chi connectivity index (χ2v) is 9.33. The van der Waals surface area contributed by atoms with E-state index >= 15 is 0 Å². The average Bonchev–Trinajstić information content (AvgIpc) is 2.32. The molecule has 2 unspecified atom stereocenters. The second kappa shape index (κ2) is 8.04. The van der Waals surface area contributed by atoms with Gasteiger partial charge in [-0.1, -0.05) is 0 Å². The van der Waals surface area contributed by atoms with E-state index in [2.05, 4.69) is 0 Å². The first-order valence-electron chi connectivity index (χ1n) is 6.28. The van der Waals surface area contributed by atoms with Gasteiger partial charge in [0, 0.05) is 0 Å². The van der Waals surface area contributed by atoms with E-state index in [0.717, 1.165) is 0 Å². The average molecular weight is 277 g/mol. The maximum absolute atomic E-state index is 10.4. The fourth-order valence-electron chi connectivity index (χ4n) is 2.22. The fraction of sp³-hybridized carbons (Fsp3) is 0.917. The van der Waals surface area contributed by atoms with Crippen molar-refractivity contribution in [1.29, 1.82) is 5.26 Å². The summed E-state index contributed by atoms with van der Waals surface area (Å²) >= 11 is 0. The van der Waals surface area contributed by atoms with Crippen molar-refractivity contribution in [3.05, 3.63) is 0 Å². The molecule has 0 aliphatic rings. The van der Waals surface area contributed by atoms with Gasteiger partial charge in [0.25, 0.3) is 0 Å². The zero-order chi connectivity index (χ0) is 14.3. The van der Waals surface area contributed by atoms with Crippen LogP contribution in [0, 0.1) is 11.3 Å². The van der Waals surface area contributed by atoms with E-state index in [-0.39, 0.29) is 17.9 Å². The monoisotopic (exact) mass is 277 g/mol. The lowest BCUT2D eigenvalue weighted by Gasteiger charge is -2.37. The Morgan fingerprint density at radius 2 is 1.78 bits per heavy atom. The molecular formula is C12H26N2O3P+. The summed E-state index contributed by atoms with van der Waals surface area (Å²) in [6.45, 7) is 8.00. The smallest absolute Gasteiger partial charge is 0.209 e. The summed E-state index contributed by atoms with van der Waals surface area (Å²) in [5.41, 5.74) is 6.02. The Morgan fingerprint density at radius 1 is 1.28 bits per heavy atom. The normalized spacial score (nSPS) is 15.8. The molecule has 0 aromatic rings. The zero-order valence-corrected chi connectivity index (χ0v) is 12.6. The topological polar surface area (TPSA) is 99.5 Å². The number of aliphatic hydroxyl groups is 2. The summed E-state index contributed by atoms with van der Waals surface area (Å²) in [6.07, 6.45) is 0.294. The third-order valence-corrected chi connectivity index (χ3v) is 8.22. The molecule has 0 fully saturated rings. The van der Waals surface area contributed by atoms with Gasteiger partial charge in [-0.05, 0) is 27.7 Å². The SMILES string of the molecule is CC(C)[P+](OCCC#N)(C(C)C)C(O)C(N)CO. The lowest BCUT2D eigenvalue weighted by atomic mass is 10.4. The van der Waals surface area contributed by atoms with E-state index in [0.29, 0.717) is 13.0 Å². The maximum Gasteiger partial charge on any atom is 0.209 e. The molecule has 0 aliphatic carbocycles. The summed E-state index contributed by atoms with van der Waals surface area (Å²) in [5, 5.41) is 28.1. The van der Waals surface area contributed by atoms with Crippen molar-refractivity contribution in [2.75, 3.05) is 13.2 Å². The van der Waals surface area contributed by atoms with Gasteiger partial charge in [0.05, 0.1) is 36.5 Å². The van der Waals surface area contributed by atoms with Crippen LogP contribution in [0.2, 0.25) is 0 Å². The minimum atomic E-state index is -2.21. The van der Waals surface area contributed by atoms with Crippen LogP contribution in [0.15, 0.2) is 0 Å². The van der Waals surface area contributed by atoms with Crippen LogP contribution in [0.3, 0.4) is 0 Å². The molecule has 106 valence electrons. The van der Waals surface area contributed by atoms with Gasteiger partial charge in [0.15, 0.2) is 7.49 Å². The first-order valence-corrected chi connectivity index (χ1v) is 8.20.